The Balaban J connectivity index is 2.17. The van der Waals surface area contributed by atoms with Gasteiger partial charge in [-0.1, -0.05) is 12.1 Å². The van der Waals surface area contributed by atoms with Crippen molar-refractivity contribution in [1.29, 1.82) is 0 Å². The molecule has 1 aliphatic heterocycles. The molecule has 0 bridgehead atoms. The lowest BCUT2D eigenvalue weighted by molar-refractivity contribution is -0.137. The Kier molecular flexibility index (Phi) is 3.62. The first-order valence-electron chi connectivity index (χ1n) is 5.89. The minimum Gasteiger partial charge on any atom is -0.481 e. The molecule has 5 nitrogen and oxygen atoms in total. The number of carboxylic acids is 1. The highest BCUT2D eigenvalue weighted by molar-refractivity contribution is 5.96. The summed E-state index contributed by atoms with van der Waals surface area (Å²) in [6, 6.07) is 5.23. The highest BCUT2D eigenvalue weighted by Crippen LogP contribution is 2.23. The van der Waals surface area contributed by atoms with Gasteiger partial charge in [-0.3, -0.25) is 9.59 Å². The van der Waals surface area contributed by atoms with Crippen molar-refractivity contribution in [3.63, 3.8) is 0 Å². The number of hydrogen-bond donors (Lipinski definition) is 3. The van der Waals surface area contributed by atoms with Gasteiger partial charge >= 0.3 is 5.97 Å². The first kappa shape index (κ1) is 12.6. The van der Waals surface area contributed by atoms with Crippen molar-refractivity contribution in [3.05, 3.63) is 34.9 Å². The van der Waals surface area contributed by atoms with E-state index in [2.05, 4.69) is 5.32 Å². The zero-order valence-corrected chi connectivity index (χ0v) is 9.85. The summed E-state index contributed by atoms with van der Waals surface area (Å²) in [5, 5.41) is 21.2. The van der Waals surface area contributed by atoms with Crippen LogP contribution in [0.25, 0.3) is 0 Å². The van der Waals surface area contributed by atoms with Crippen molar-refractivity contribution in [1.82, 2.24) is 5.32 Å². The molecule has 1 aromatic carbocycles. The predicted molar refractivity (Wildman–Crippen MR) is 64.3 cm³/mol. The lowest BCUT2D eigenvalue weighted by Gasteiger charge is -2.18. The summed E-state index contributed by atoms with van der Waals surface area (Å²) in [4.78, 5) is 22.1. The van der Waals surface area contributed by atoms with Gasteiger partial charge in [-0.05, 0) is 30.0 Å². The maximum Gasteiger partial charge on any atom is 0.303 e. The van der Waals surface area contributed by atoms with Gasteiger partial charge in [-0.2, -0.15) is 0 Å². The van der Waals surface area contributed by atoms with Crippen LogP contribution in [-0.2, 0) is 11.2 Å². The van der Waals surface area contributed by atoms with E-state index in [0.717, 1.165) is 12.0 Å². The highest BCUT2D eigenvalue weighted by Gasteiger charge is 2.19. The second-order valence-corrected chi connectivity index (χ2v) is 4.37. The molecule has 0 saturated heterocycles. The van der Waals surface area contributed by atoms with Crippen LogP contribution in [0.15, 0.2) is 18.2 Å². The Bertz CT molecular complexity index is 484. The van der Waals surface area contributed by atoms with Crippen LogP contribution in [0.5, 0.6) is 0 Å². The van der Waals surface area contributed by atoms with Crippen LogP contribution in [0.2, 0.25) is 0 Å². The lowest BCUT2D eigenvalue weighted by atomic mass is 9.95. The van der Waals surface area contributed by atoms with Crippen molar-refractivity contribution in [2.75, 3.05) is 6.54 Å². The van der Waals surface area contributed by atoms with Crippen LogP contribution in [0.4, 0.5) is 0 Å². The zero-order chi connectivity index (χ0) is 13.1. The molecule has 5 heteroatoms. The molecular weight excluding hydrogens is 234 g/mol. The largest absolute Gasteiger partial charge is 0.481 e. The molecule has 0 fully saturated rings. The molecule has 1 amide bonds. The van der Waals surface area contributed by atoms with Crippen LogP contribution in [0.3, 0.4) is 0 Å². The maximum atomic E-state index is 11.6. The van der Waals surface area contributed by atoms with Crippen LogP contribution < -0.4 is 5.32 Å². The molecule has 18 heavy (non-hydrogen) atoms. The van der Waals surface area contributed by atoms with Crippen LogP contribution >= 0.6 is 0 Å². The summed E-state index contributed by atoms with van der Waals surface area (Å²) in [5.74, 6) is -1.08. The molecule has 1 unspecified atom stereocenters. The summed E-state index contributed by atoms with van der Waals surface area (Å²) in [6.45, 7) is 0.632. The third-order valence-corrected chi connectivity index (χ3v) is 3.07. The molecule has 0 spiro atoms. The molecule has 0 aliphatic carbocycles. The first-order chi connectivity index (χ1) is 8.58. The smallest absolute Gasteiger partial charge is 0.303 e. The molecule has 0 aromatic heterocycles. The van der Waals surface area contributed by atoms with E-state index < -0.39 is 12.1 Å². The third kappa shape index (κ3) is 2.68. The number of aliphatic hydroxyl groups excluding tert-OH is 1. The number of benzene rings is 1. The van der Waals surface area contributed by atoms with Crippen molar-refractivity contribution in [2.45, 2.75) is 25.4 Å². The molecule has 1 aromatic rings. The van der Waals surface area contributed by atoms with E-state index >= 15 is 0 Å². The second kappa shape index (κ2) is 5.18. The van der Waals surface area contributed by atoms with E-state index in [0.29, 0.717) is 17.7 Å². The Labute approximate surface area is 104 Å². The standard InChI is InChI=1S/C13H15NO4/c15-11(3-4-12(16)17)9-2-1-8-5-6-14-13(18)10(8)7-9/h1-2,7,11,15H,3-6H2,(H,14,18)(H,16,17). The van der Waals surface area contributed by atoms with Gasteiger partial charge in [0.25, 0.3) is 5.91 Å². The van der Waals surface area contributed by atoms with Crippen LogP contribution in [0.1, 0.15) is 40.4 Å². The van der Waals surface area contributed by atoms with Crippen molar-refractivity contribution < 1.29 is 19.8 Å². The maximum absolute atomic E-state index is 11.6. The Morgan fingerprint density at radius 1 is 1.44 bits per heavy atom. The number of carbonyl (C=O) groups is 2. The van der Waals surface area contributed by atoms with E-state index in [9.17, 15) is 14.7 Å². The summed E-state index contributed by atoms with van der Waals surface area (Å²) < 4.78 is 0. The molecule has 3 N–H and O–H groups in total. The SMILES string of the molecule is O=C(O)CCC(O)c1ccc2c(c1)C(=O)NCC2. The lowest BCUT2D eigenvalue weighted by Crippen LogP contribution is -2.31. The average Bonchev–Trinajstić information content (AvgIpc) is 2.36. The minimum absolute atomic E-state index is 0.0928. The topological polar surface area (TPSA) is 86.6 Å². The fourth-order valence-electron chi connectivity index (χ4n) is 2.06. The molecule has 2 rings (SSSR count). The quantitative estimate of drug-likeness (QED) is 0.739. The number of hydrogen-bond acceptors (Lipinski definition) is 3. The summed E-state index contributed by atoms with van der Waals surface area (Å²) in [6.07, 6.45) is -0.00614. The summed E-state index contributed by atoms with van der Waals surface area (Å²) in [7, 11) is 0. The van der Waals surface area contributed by atoms with Gasteiger partial charge in [0.1, 0.15) is 0 Å². The zero-order valence-electron chi connectivity index (χ0n) is 9.85. The molecule has 1 heterocycles. The van der Waals surface area contributed by atoms with E-state index in [1.54, 1.807) is 12.1 Å². The summed E-state index contributed by atoms with van der Waals surface area (Å²) in [5.41, 5.74) is 2.13. The molecule has 0 radical (unpaired) electrons. The van der Waals surface area contributed by atoms with Gasteiger partial charge in [-0.15, -0.1) is 0 Å². The minimum atomic E-state index is -0.940. The van der Waals surface area contributed by atoms with Crippen molar-refractivity contribution >= 4 is 11.9 Å². The molecular formula is C13H15NO4. The first-order valence-corrected chi connectivity index (χ1v) is 5.89. The molecule has 96 valence electrons. The van der Waals surface area contributed by atoms with E-state index in [1.165, 1.54) is 0 Å². The Morgan fingerprint density at radius 2 is 2.22 bits per heavy atom. The number of carbonyl (C=O) groups excluding carboxylic acids is 1. The van der Waals surface area contributed by atoms with E-state index in [-0.39, 0.29) is 18.7 Å². The van der Waals surface area contributed by atoms with Gasteiger partial charge in [0.05, 0.1) is 6.10 Å². The normalized spacial score (nSPS) is 15.7. The van der Waals surface area contributed by atoms with Crippen molar-refractivity contribution in [2.24, 2.45) is 0 Å². The third-order valence-electron chi connectivity index (χ3n) is 3.07. The van der Waals surface area contributed by atoms with Gasteiger partial charge in [0, 0.05) is 18.5 Å². The van der Waals surface area contributed by atoms with Crippen LogP contribution in [0, 0.1) is 0 Å². The highest BCUT2D eigenvalue weighted by atomic mass is 16.4. The average molecular weight is 249 g/mol. The number of carboxylic acid groups (broad SMARTS) is 1. The summed E-state index contributed by atoms with van der Waals surface area (Å²) >= 11 is 0. The number of nitrogens with one attached hydrogen (secondary N) is 1. The van der Waals surface area contributed by atoms with Gasteiger partial charge < -0.3 is 15.5 Å². The van der Waals surface area contributed by atoms with Crippen molar-refractivity contribution in [3.8, 4) is 0 Å². The Hall–Kier alpha value is -1.88. The van der Waals surface area contributed by atoms with Gasteiger partial charge in [0.15, 0.2) is 0 Å². The molecule has 1 atom stereocenters. The van der Waals surface area contributed by atoms with Gasteiger partial charge in [-0.25, -0.2) is 0 Å². The number of aliphatic carboxylic acids is 1. The monoisotopic (exact) mass is 249 g/mol. The molecule has 0 saturated carbocycles. The van der Waals surface area contributed by atoms with Gasteiger partial charge in [0.2, 0.25) is 0 Å². The predicted octanol–water partition coefficient (Wildman–Crippen LogP) is 0.871. The second-order valence-electron chi connectivity index (χ2n) is 4.37. The van der Waals surface area contributed by atoms with Crippen LogP contribution in [-0.4, -0.2) is 28.6 Å². The number of rotatable bonds is 4. The van der Waals surface area contributed by atoms with E-state index in [4.69, 9.17) is 5.11 Å². The van der Waals surface area contributed by atoms with E-state index in [1.807, 2.05) is 6.07 Å². The fourth-order valence-corrected chi connectivity index (χ4v) is 2.06. The fraction of sp³-hybridized carbons (Fsp3) is 0.385. The number of aliphatic hydroxyl groups is 1. The molecule has 1 aliphatic rings. The number of fused-ring (bicyclic) bond motifs is 1. The number of amides is 1. The Morgan fingerprint density at radius 3 is 2.94 bits per heavy atom.